The van der Waals surface area contributed by atoms with E-state index in [0.29, 0.717) is 28.5 Å². The second-order valence-corrected chi connectivity index (χ2v) is 6.61. The van der Waals surface area contributed by atoms with Crippen molar-refractivity contribution >= 4 is 37.5 Å². The summed E-state index contributed by atoms with van der Waals surface area (Å²) in [6.07, 6.45) is 0.561. The van der Waals surface area contributed by atoms with Gasteiger partial charge in [-0.15, -0.1) is 11.3 Å². The molecule has 0 aliphatic carbocycles. The third-order valence-electron chi connectivity index (χ3n) is 3.85. The number of hydrogen-bond donors (Lipinski definition) is 0. The molecule has 2 aromatic carbocycles. The van der Waals surface area contributed by atoms with Crippen LogP contribution in [0.2, 0.25) is 0 Å². The zero-order valence-electron chi connectivity index (χ0n) is 13.9. The van der Waals surface area contributed by atoms with E-state index in [1.54, 1.807) is 17.4 Å². The maximum Gasteiger partial charge on any atom is 0.333 e. The molecule has 1 aromatic heterocycles. The van der Waals surface area contributed by atoms with E-state index in [4.69, 9.17) is 9.47 Å². The predicted octanol–water partition coefficient (Wildman–Crippen LogP) is 4.30. The van der Waals surface area contributed by atoms with Crippen LogP contribution in [-0.2, 0) is 9.53 Å². The molecule has 0 aliphatic rings. The molecule has 3 aromatic rings. The van der Waals surface area contributed by atoms with Gasteiger partial charge in [-0.2, -0.15) is 0 Å². The number of hydrogen-bond acceptors (Lipinski definition) is 5. The molecule has 0 amide bonds. The van der Waals surface area contributed by atoms with Crippen LogP contribution in [0.25, 0.3) is 20.2 Å². The highest BCUT2D eigenvalue weighted by Gasteiger charge is 2.08. The summed E-state index contributed by atoms with van der Waals surface area (Å²) >= 11 is 1.58. The molecule has 0 aliphatic heterocycles. The molecule has 0 atom stereocenters. The van der Waals surface area contributed by atoms with Crippen molar-refractivity contribution in [3.8, 4) is 5.75 Å². The number of rotatable bonds is 6. The molecule has 128 valence electrons. The van der Waals surface area contributed by atoms with Crippen molar-refractivity contribution in [3.63, 3.8) is 0 Å². The Balaban J connectivity index is 1.74. The summed E-state index contributed by atoms with van der Waals surface area (Å²) in [6.45, 7) is 5.84. The van der Waals surface area contributed by atoms with Crippen molar-refractivity contribution < 1.29 is 14.3 Å². The Hall–Kier alpha value is -2.66. The van der Waals surface area contributed by atoms with Gasteiger partial charge in [-0.1, -0.05) is 25.6 Å². The quantitative estimate of drug-likeness (QED) is 0.287. The van der Waals surface area contributed by atoms with Gasteiger partial charge in [0, 0.05) is 25.7 Å². The minimum Gasteiger partial charge on any atom is -0.490 e. The molecule has 0 bridgehead atoms. The Morgan fingerprint density at radius 2 is 1.84 bits per heavy atom. The van der Waals surface area contributed by atoms with Crippen molar-refractivity contribution in [1.29, 1.82) is 0 Å². The number of carbonyl (C=O) groups excluding carboxylic acids is 1. The second kappa shape index (κ2) is 7.49. The lowest BCUT2D eigenvalue weighted by Gasteiger charge is -2.09. The van der Waals surface area contributed by atoms with Gasteiger partial charge in [-0.05, 0) is 36.8 Å². The van der Waals surface area contributed by atoms with E-state index in [1.165, 1.54) is 0 Å². The molecule has 0 saturated carbocycles. The van der Waals surface area contributed by atoms with Gasteiger partial charge in [-0.25, -0.2) is 4.79 Å². The van der Waals surface area contributed by atoms with Gasteiger partial charge in [-0.3, -0.25) is 4.79 Å². The summed E-state index contributed by atoms with van der Waals surface area (Å²) in [5.74, 6) is 0.178. The lowest BCUT2D eigenvalue weighted by Crippen LogP contribution is -2.13. The number of benzene rings is 2. The lowest BCUT2D eigenvalue weighted by molar-refractivity contribution is -0.139. The van der Waals surface area contributed by atoms with Crippen molar-refractivity contribution in [3.05, 3.63) is 64.8 Å². The van der Waals surface area contributed by atoms with Crippen LogP contribution in [0.15, 0.2) is 59.4 Å². The summed E-state index contributed by atoms with van der Waals surface area (Å²) in [5, 5.41) is 1.35. The molecule has 1 heterocycles. The maximum absolute atomic E-state index is 12.6. The van der Waals surface area contributed by atoms with Gasteiger partial charge in [0.1, 0.15) is 19.0 Å². The normalized spacial score (nSPS) is 10.8. The third kappa shape index (κ3) is 3.72. The van der Waals surface area contributed by atoms with Crippen molar-refractivity contribution in [2.24, 2.45) is 0 Å². The van der Waals surface area contributed by atoms with E-state index >= 15 is 0 Å². The average molecular weight is 354 g/mol. The molecule has 0 radical (unpaired) electrons. The van der Waals surface area contributed by atoms with Gasteiger partial charge in [0.2, 0.25) is 0 Å². The van der Waals surface area contributed by atoms with Crippen molar-refractivity contribution in [1.82, 2.24) is 0 Å². The Labute approximate surface area is 149 Å². The zero-order valence-corrected chi connectivity index (χ0v) is 14.7. The second-order valence-electron chi connectivity index (χ2n) is 5.53. The number of carbonyl (C=O) groups is 1. The minimum absolute atomic E-state index is 0.000438. The van der Waals surface area contributed by atoms with E-state index in [1.807, 2.05) is 43.3 Å². The minimum atomic E-state index is -0.403. The highest BCUT2D eigenvalue weighted by molar-refractivity contribution is 7.24. The van der Waals surface area contributed by atoms with E-state index in [0.717, 1.165) is 9.40 Å². The van der Waals surface area contributed by atoms with E-state index in [9.17, 15) is 9.59 Å². The first-order chi connectivity index (χ1) is 12.1. The molecule has 3 rings (SSSR count). The van der Waals surface area contributed by atoms with Crippen LogP contribution in [0.5, 0.6) is 5.75 Å². The summed E-state index contributed by atoms with van der Waals surface area (Å²) in [6, 6.07) is 13.0. The zero-order chi connectivity index (χ0) is 17.8. The van der Waals surface area contributed by atoms with E-state index in [2.05, 4.69) is 6.58 Å². The summed E-state index contributed by atoms with van der Waals surface area (Å²) in [4.78, 5) is 24.2. The first kappa shape index (κ1) is 17.2. The van der Waals surface area contributed by atoms with Crippen LogP contribution in [0.4, 0.5) is 0 Å². The molecule has 0 unspecified atom stereocenters. The van der Waals surface area contributed by atoms with Crippen LogP contribution in [0, 0.1) is 0 Å². The fraction of sp³-hybridized carbons (Fsp3) is 0.200. The van der Waals surface area contributed by atoms with Crippen LogP contribution >= 0.6 is 11.3 Å². The Bertz CT molecular complexity index is 1000. The Morgan fingerprint density at radius 1 is 1.08 bits per heavy atom. The molecular weight excluding hydrogens is 336 g/mol. The summed E-state index contributed by atoms with van der Waals surface area (Å²) in [5.41, 5.74) is 0.440. The molecule has 0 fully saturated rings. The lowest BCUT2D eigenvalue weighted by atomic mass is 10.2. The molecule has 0 saturated heterocycles. The molecular formula is C20H18O4S. The average Bonchev–Trinajstić information content (AvgIpc) is 2.65. The van der Waals surface area contributed by atoms with Gasteiger partial charge in [0.05, 0.1) is 0 Å². The SMILES string of the molecule is C=C(CC)C(=O)OCCOc1ccc2sc3ccccc3c(=O)c2c1. The van der Waals surface area contributed by atoms with Gasteiger partial charge in [0.15, 0.2) is 5.43 Å². The largest absolute Gasteiger partial charge is 0.490 e. The summed E-state index contributed by atoms with van der Waals surface area (Å²) in [7, 11) is 0. The Morgan fingerprint density at radius 3 is 2.64 bits per heavy atom. The Kier molecular flexibility index (Phi) is 5.14. The molecule has 25 heavy (non-hydrogen) atoms. The fourth-order valence-electron chi connectivity index (χ4n) is 2.41. The first-order valence-electron chi connectivity index (χ1n) is 8.03. The monoisotopic (exact) mass is 354 g/mol. The van der Waals surface area contributed by atoms with Crippen molar-refractivity contribution in [2.45, 2.75) is 13.3 Å². The van der Waals surface area contributed by atoms with Crippen LogP contribution in [0.1, 0.15) is 13.3 Å². The van der Waals surface area contributed by atoms with Gasteiger partial charge < -0.3 is 9.47 Å². The van der Waals surface area contributed by atoms with Gasteiger partial charge in [0.25, 0.3) is 0 Å². The van der Waals surface area contributed by atoms with Crippen LogP contribution < -0.4 is 10.2 Å². The third-order valence-corrected chi connectivity index (χ3v) is 5.00. The van der Waals surface area contributed by atoms with Crippen molar-refractivity contribution in [2.75, 3.05) is 13.2 Å². The predicted molar refractivity (Wildman–Crippen MR) is 101 cm³/mol. The molecule has 5 heteroatoms. The number of esters is 1. The van der Waals surface area contributed by atoms with Gasteiger partial charge >= 0.3 is 5.97 Å². The topological polar surface area (TPSA) is 52.6 Å². The number of fused-ring (bicyclic) bond motifs is 2. The smallest absolute Gasteiger partial charge is 0.333 e. The maximum atomic E-state index is 12.6. The number of ether oxygens (including phenoxy) is 2. The summed E-state index contributed by atoms with van der Waals surface area (Å²) < 4.78 is 12.6. The highest BCUT2D eigenvalue weighted by atomic mass is 32.1. The van der Waals surface area contributed by atoms with Crippen LogP contribution in [-0.4, -0.2) is 19.2 Å². The molecule has 0 N–H and O–H groups in total. The van der Waals surface area contributed by atoms with E-state index in [-0.39, 0.29) is 18.6 Å². The fourth-order valence-corrected chi connectivity index (χ4v) is 3.46. The first-order valence-corrected chi connectivity index (χ1v) is 8.85. The molecule has 4 nitrogen and oxygen atoms in total. The van der Waals surface area contributed by atoms with E-state index < -0.39 is 5.97 Å². The molecule has 0 spiro atoms. The van der Waals surface area contributed by atoms with Crippen LogP contribution in [0.3, 0.4) is 0 Å². The highest BCUT2D eigenvalue weighted by Crippen LogP contribution is 2.27. The standard InChI is InChI=1S/C20H18O4S/c1-3-13(2)20(22)24-11-10-23-14-8-9-18-16(12-14)19(21)15-6-4-5-7-17(15)25-18/h4-9,12H,2-3,10-11H2,1H3.